The standard InChI is InChI=1S/C25H47NO5/c1-5-6-7-8-9-10-11-12-13-14-15-16-17-18-19-20-22(27)25(31,21-23(28)29)24(30)26(2,3)4/h19-20,24,30-31H,5-18,21H2,1-4H3. The molecule has 0 aromatic rings. The number of quaternary nitrogens is 1. The van der Waals surface area contributed by atoms with Crippen molar-refractivity contribution in [3.05, 3.63) is 12.2 Å². The normalized spacial score (nSPS) is 15.2. The number of carboxylic acids is 1. The molecule has 0 heterocycles. The molecule has 0 amide bonds. The molecule has 0 aliphatic rings. The van der Waals surface area contributed by atoms with Crippen LogP contribution in [0.1, 0.15) is 103 Å². The van der Waals surface area contributed by atoms with E-state index in [9.17, 15) is 24.9 Å². The van der Waals surface area contributed by atoms with Gasteiger partial charge >= 0.3 is 0 Å². The highest BCUT2D eigenvalue weighted by atomic mass is 16.4. The summed E-state index contributed by atoms with van der Waals surface area (Å²) in [5, 5.41) is 31.9. The average molecular weight is 442 g/mol. The largest absolute Gasteiger partial charge is 0.550 e. The first-order valence-electron chi connectivity index (χ1n) is 12.2. The Hall–Kier alpha value is -1.24. The van der Waals surface area contributed by atoms with Crippen molar-refractivity contribution in [2.75, 3.05) is 21.1 Å². The van der Waals surface area contributed by atoms with E-state index >= 15 is 0 Å². The van der Waals surface area contributed by atoms with Gasteiger partial charge in [-0.25, -0.2) is 0 Å². The van der Waals surface area contributed by atoms with Gasteiger partial charge in [0.1, 0.15) is 0 Å². The van der Waals surface area contributed by atoms with Crippen molar-refractivity contribution in [2.45, 2.75) is 115 Å². The van der Waals surface area contributed by atoms with Gasteiger partial charge in [0.05, 0.1) is 21.1 Å². The third kappa shape index (κ3) is 13.7. The zero-order valence-corrected chi connectivity index (χ0v) is 20.4. The molecule has 0 rings (SSSR count). The lowest BCUT2D eigenvalue weighted by Gasteiger charge is -2.39. The average Bonchev–Trinajstić information content (AvgIpc) is 2.68. The number of carbonyl (C=O) groups excluding carboxylic acids is 2. The Morgan fingerprint density at radius 3 is 1.68 bits per heavy atom. The van der Waals surface area contributed by atoms with Crippen molar-refractivity contribution in [3.8, 4) is 0 Å². The van der Waals surface area contributed by atoms with Crippen LogP contribution in [0.15, 0.2) is 12.2 Å². The zero-order chi connectivity index (χ0) is 23.8. The fraction of sp³-hybridized carbons (Fsp3) is 0.840. The second kappa shape index (κ2) is 16.4. The molecule has 0 aromatic heterocycles. The maximum atomic E-state index is 12.4. The molecule has 0 aromatic carbocycles. The van der Waals surface area contributed by atoms with E-state index in [1.54, 1.807) is 27.2 Å². The Labute approximate surface area is 189 Å². The summed E-state index contributed by atoms with van der Waals surface area (Å²) < 4.78 is -0.164. The maximum absolute atomic E-state index is 12.4. The lowest BCUT2D eigenvalue weighted by molar-refractivity contribution is -0.925. The molecule has 0 saturated carbocycles. The fourth-order valence-corrected chi connectivity index (χ4v) is 3.78. The van der Waals surface area contributed by atoms with Crippen molar-refractivity contribution < 1.29 is 29.4 Å². The number of allylic oxidation sites excluding steroid dienone is 1. The molecule has 2 N–H and O–H groups in total. The summed E-state index contributed by atoms with van der Waals surface area (Å²) in [5.41, 5.74) is -2.40. The molecule has 0 aliphatic heterocycles. The van der Waals surface area contributed by atoms with Gasteiger partial charge in [-0.05, 0) is 18.9 Å². The third-order valence-electron chi connectivity index (χ3n) is 5.74. The first kappa shape index (κ1) is 29.8. The summed E-state index contributed by atoms with van der Waals surface area (Å²) in [4.78, 5) is 23.4. The van der Waals surface area contributed by atoms with Crippen molar-refractivity contribution in [1.82, 2.24) is 0 Å². The molecule has 0 spiro atoms. The van der Waals surface area contributed by atoms with E-state index in [1.165, 1.54) is 76.7 Å². The van der Waals surface area contributed by atoms with Crippen LogP contribution in [0.5, 0.6) is 0 Å². The molecule has 6 heteroatoms. The fourth-order valence-electron chi connectivity index (χ4n) is 3.78. The van der Waals surface area contributed by atoms with Crippen molar-refractivity contribution in [1.29, 1.82) is 0 Å². The molecule has 0 bridgehead atoms. The van der Waals surface area contributed by atoms with E-state index in [0.717, 1.165) is 12.8 Å². The highest BCUT2D eigenvalue weighted by Gasteiger charge is 2.49. The van der Waals surface area contributed by atoms with Gasteiger partial charge in [0.25, 0.3) is 0 Å². The summed E-state index contributed by atoms with van der Waals surface area (Å²) in [6.07, 6.45) is 17.5. The highest BCUT2D eigenvalue weighted by molar-refractivity contribution is 5.99. The molecular weight excluding hydrogens is 394 g/mol. The minimum atomic E-state index is -2.40. The molecule has 31 heavy (non-hydrogen) atoms. The molecule has 0 radical (unpaired) electrons. The number of ketones is 1. The number of unbranched alkanes of at least 4 members (excludes halogenated alkanes) is 13. The SMILES string of the molecule is CCCCCCCCCCCCCCCC=CC(=O)C(O)(CC(=O)[O-])C(O)[N+](C)(C)C. The van der Waals surface area contributed by atoms with Crippen molar-refractivity contribution in [2.24, 2.45) is 0 Å². The van der Waals surface area contributed by atoms with E-state index in [-0.39, 0.29) is 4.48 Å². The Bertz CT molecular complexity index is 526. The predicted octanol–water partition coefficient (Wildman–Crippen LogP) is 3.49. The second-order valence-corrected chi connectivity index (χ2v) is 9.76. The highest BCUT2D eigenvalue weighted by Crippen LogP contribution is 2.23. The van der Waals surface area contributed by atoms with Crippen LogP contribution in [0.25, 0.3) is 0 Å². The van der Waals surface area contributed by atoms with E-state index < -0.39 is 30.0 Å². The number of likely N-dealkylation sites (N-methyl/N-ethyl adjacent to an activating group) is 1. The van der Waals surface area contributed by atoms with Gasteiger partial charge in [-0.1, -0.05) is 90.0 Å². The molecule has 0 aliphatic carbocycles. The number of carboxylic acid groups (broad SMARTS) is 1. The smallest absolute Gasteiger partial charge is 0.227 e. The summed E-state index contributed by atoms with van der Waals surface area (Å²) in [6.45, 7) is 2.24. The number of hydrogen-bond acceptors (Lipinski definition) is 5. The Balaban J connectivity index is 4.03. The van der Waals surface area contributed by atoms with Crippen LogP contribution in [0.4, 0.5) is 0 Å². The number of rotatable bonds is 20. The summed E-state index contributed by atoms with van der Waals surface area (Å²) in [5.74, 6) is -2.37. The summed E-state index contributed by atoms with van der Waals surface area (Å²) in [6, 6.07) is 0. The van der Waals surface area contributed by atoms with Crippen LogP contribution in [-0.2, 0) is 9.59 Å². The van der Waals surface area contributed by atoms with E-state index in [1.807, 2.05) is 0 Å². The minimum Gasteiger partial charge on any atom is -0.550 e. The number of carbonyl (C=O) groups is 2. The van der Waals surface area contributed by atoms with Crippen molar-refractivity contribution >= 4 is 11.8 Å². The van der Waals surface area contributed by atoms with Gasteiger partial charge in [0, 0.05) is 12.4 Å². The van der Waals surface area contributed by atoms with Gasteiger partial charge in [0.15, 0.2) is 5.78 Å². The molecule has 2 unspecified atom stereocenters. The first-order chi connectivity index (χ1) is 14.6. The van der Waals surface area contributed by atoms with Crippen LogP contribution in [0.2, 0.25) is 0 Å². The second-order valence-electron chi connectivity index (χ2n) is 9.76. The van der Waals surface area contributed by atoms with Gasteiger partial charge in [-0.2, -0.15) is 0 Å². The predicted molar refractivity (Wildman–Crippen MR) is 123 cm³/mol. The topological polar surface area (TPSA) is 97.7 Å². The summed E-state index contributed by atoms with van der Waals surface area (Å²) in [7, 11) is 4.74. The van der Waals surface area contributed by atoms with E-state index in [0.29, 0.717) is 6.42 Å². The Kier molecular flexibility index (Phi) is 15.7. The van der Waals surface area contributed by atoms with Crippen LogP contribution in [0, 0.1) is 0 Å². The molecule has 2 atom stereocenters. The molecule has 0 saturated heterocycles. The monoisotopic (exact) mass is 441 g/mol. The van der Waals surface area contributed by atoms with Crippen LogP contribution in [-0.4, -0.2) is 59.4 Å². The molecular formula is C25H47NO5. The summed E-state index contributed by atoms with van der Waals surface area (Å²) >= 11 is 0. The minimum absolute atomic E-state index is 0.164. The lowest BCUT2D eigenvalue weighted by atomic mass is 9.90. The molecule has 6 nitrogen and oxygen atoms in total. The number of aliphatic carboxylic acids is 1. The Morgan fingerprint density at radius 1 is 0.871 bits per heavy atom. The zero-order valence-electron chi connectivity index (χ0n) is 20.4. The third-order valence-corrected chi connectivity index (χ3v) is 5.74. The molecule has 182 valence electrons. The van der Waals surface area contributed by atoms with E-state index in [4.69, 9.17) is 0 Å². The van der Waals surface area contributed by atoms with E-state index in [2.05, 4.69) is 6.92 Å². The number of hydrogen-bond donors (Lipinski definition) is 2. The molecule has 0 fully saturated rings. The van der Waals surface area contributed by atoms with Gasteiger partial charge in [0.2, 0.25) is 11.8 Å². The van der Waals surface area contributed by atoms with Crippen LogP contribution >= 0.6 is 0 Å². The number of aliphatic hydroxyl groups excluding tert-OH is 1. The lowest BCUT2D eigenvalue weighted by Crippen LogP contribution is -2.63. The maximum Gasteiger partial charge on any atom is 0.227 e. The first-order valence-corrected chi connectivity index (χ1v) is 12.2. The van der Waals surface area contributed by atoms with Gasteiger partial charge in [-0.15, -0.1) is 0 Å². The quantitative estimate of drug-likeness (QED) is 0.130. The van der Waals surface area contributed by atoms with Gasteiger partial charge in [-0.3, -0.25) is 4.79 Å². The number of aliphatic hydroxyl groups is 2. The van der Waals surface area contributed by atoms with Crippen LogP contribution in [0.3, 0.4) is 0 Å². The van der Waals surface area contributed by atoms with Crippen LogP contribution < -0.4 is 5.11 Å². The number of nitrogens with zero attached hydrogens (tertiary/aromatic N) is 1. The van der Waals surface area contributed by atoms with Gasteiger partial charge < -0.3 is 24.6 Å². The Morgan fingerprint density at radius 2 is 1.29 bits per heavy atom. The van der Waals surface area contributed by atoms with Crippen molar-refractivity contribution in [3.63, 3.8) is 0 Å².